The molecule has 92 valence electrons. The fourth-order valence-electron chi connectivity index (χ4n) is 2.28. The van der Waals surface area contributed by atoms with E-state index in [0.717, 1.165) is 42.4 Å². The van der Waals surface area contributed by atoms with E-state index >= 15 is 0 Å². The van der Waals surface area contributed by atoms with E-state index in [-0.39, 0.29) is 0 Å². The van der Waals surface area contributed by atoms with Crippen molar-refractivity contribution in [3.8, 4) is 17.0 Å². The van der Waals surface area contributed by atoms with Gasteiger partial charge in [-0.15, -0.1) is 0 Å². The van der Waals surface area contributed by atoms with Crippen molar-refractivity contribution in [1.29, 1.82) is 0 Å². The SMILES string of the molecule is CCNc1cccc(-c2cccc3c2OCC3)n1. The van der Waals surface area contributed by atoms with Gasteiger partial charge in [-0.05, 0) is 30.7 Å². The van der Waals surface area contributed by atoms with E-state index in [0.29, 0.717) is 0 Å². The van der Waals surface area contributed by atoms with Gasteiger partial charge in [0.05, 0.1) is 12.3 Å². The average molecular weight is 240 g/mol. The van der Waals surface area contributed by atoms with Crippen LogP contribution in [0.3, 0.4) is 0 Å². The van der Waals surface area contributed by atoms with Crippen LogP contribution in [0.15, 0.2) is 36.4 Å². The number of aromatic nitrogens is 1. The van der Waals surface area contributed by atoms with Crippen molar-refractivity contribution >= 4 is 5.82 Å². The van der Waals surface area contributed by atoms with Crippen LogP contribution in [0, 0.1) is 0 Å². The number of nitrogens with zero attached hydrogens (tertiary/aromatic N) is 1. The number of anilines is 1. The molecular weight excluding hydrogens is 224 g/mol. The first-order valence-electron chi connectivity index (χ1n) is 6.34. The first-order chi connectivity index (χ1) is 8.88. The van der Waals surface area contributed by atoms with Crippen molar-refractivity contribution in [3.05, 3.63) is 42.0 Å². The number of ether oxygens (including phenoxy) is 1. The second-order valence-electron chi connectivity index (χ2n) is 4.33. The number of rotatable bonds is 3. The highest BCUT2D eigenvalue weighted by atomic mass is 16.5. The lowest BCUT2D eigenvalue weighted by atomic mass is 10.1. The minimum atomic E-state index is 0.777. The molecule has 1 aromatic heterocycles. The summed E-state index contributed by atoms with van der Waals surface area (Å²) >= 11 is 0. The van der Waals surface area contributed by atoms with Gasteiger partial charge in [-0.25, -0.2) is 4.98 Å². The molecule has 1 N–H and O–H groups in total. The van der Waals surface area contributed by atoms with E-state index in [1.165, 1.54) is 5.56 Å². The first kappa shape index (κ1) is 11.1. The monoisotopic (exact) mass is 240 g/mol. The van der Waals surface area contributed by atoms with Crippen LogP contribution in [-0.2, 0) is 6.42 Å². The Morgan fingerprint density at radius 1 is 1.22 bits per heavy atom. The molecule has 18 heavy (non-hydrogen) atoms. The van der Waals surface area contributed by atoms with Crippen molar-refractivity contribution in [1.82, 2.24) is 4.98 Å². The molecule has 2 aromatic rings. The maximum absolute atomic E-state index is 5.72. The standard InChI is InChI=1S/C15H16N2O/c1-2-16-14-8-4-7-13(17-14)12-6-3-5-11-9-10-18-15(11)12/h3-8H,2,9-10H2,1H3,(H,16,17). The Morgan fingerprint density at radius 3 is 3.00 bits per heavy atom. The highest BCUT2D eigenvalue weighted by molar-refractivity contribution is 5.71. The van der Waals surface area contributed by atoms with E-state index in [9.17, 15) is 0 Å². The maximum atomic E-state index is 5.72. The summed E-state index contributed by atoms with van der Waals surface area (Å²) in [6.07, 6.45) is 0.996. The second-order valence-corrected chi connectivity index (χ2v) is 4.33. The van der Waals surface area contributed by atoms with Crippen LogP contribution in [0.4, 0.5) is 5.82 Å². The van der Waals surface area contributed by atoms with Gasteiger partial charge in [0.1, 0.15) is 11.6 Å². The Labute approximate surface area is 107 Å². The Hall–Kier alpha value is -2.03. The highest BCUT2D eigenvalue weighted by Gasteiger charge is 2.17. The lowest BCUT2D eigenvalue weighted by Gasteiger charge is -2.09. The Kier molecular flexibility index (Phi) is 2.89. The Bertz CT molecular complexity index is 566. The third kappa shape index (κ3) is 1.92. The molecule has 0 saturated heterocycles. The topological polar surface area (TPSA) is 34.1 Å². The van der Waals surface area contributed by atoms with E-state index < -0.39 is 0 Å². The smallest absolute Gasteiger partial charge is 0.132 e. The van der Waals surface area contributed by atoms with Crippen LogP contribution in [0.5, 0.6) is 5.75 Å². The molecule has 2 heterocycles. The molecule has 3 heteroatoms. The van der Waals surface area contributed by atoms with Crippen molar-refractivity contribution in [2.75, 3.05) is 18.5 Å². The van der Waals surface area contributed by atoms with Gasteiger partial charge in [0, 0.05) is 18.5 Å². The number of hydrogen-bond donors (Lipinski definition) is 1. The van der Waals surface area contributed by atoms with Crippen molar-refractivity contribution < 1.29 is 4.74 Å². The van der Waals surface area contributed by atoms with Gasteiger partial charge in [-0.1, -0.05) is 18.2 Å². The molecular formula is C15H16N2O. The molecule has 0 spiro atoms. The number of nitrogens with one attached hydrogen (secondary N) is 1. The summed E-state index contributed by atoms with van der Waals surface area (Å²) in [6.45, 7) is 3.72. The highest BCUT2D eigenvalue weighted by Crippen LogP contribution is 2.36. The van der Waals surface area contributed by atoms with Gasteiger partial charge in [-0.2, -0.15) is 0 Å². The molecule has 0 fully saturated rings. The molecule has 3 nitrogen and oxygen atoms in total. The molecule has 1 aliphatic rings. The van der Waals surface area contributed by atoms with Crippen molar-refractivity contribution in [2.45, 2.75) is 13.3 Å². The van der Waals surface area contributed by atoms with Crippen LogP contribution >= 0.6 is 0 Å². The number of benzene rings is 1. The fraction of sp³-hybridized carbons (Fsp3) is 0.267. The summed E-state index contributed by atoms with van der Waals surface area (Å²) in [5.74, 6) is 1.91. The fourth-order valence-corrected chi connectivity index (χ4v) is 2.28. The van der Waals surface area contributed by atoms with Crippen LogP contribution < -0.4 is 10.1 Å². The number of fused-ring (bicyclic) bond motifs is 1. The molecule has 0 aliphatic carbocycles. The predicted molar refractivity (Wildman–Crippen MR) is 73.0 cm³/mol. The van der Waals surface area contributed by atoms with Gasteiger partial charge < -0.3 is 10.1 Å². The van der Waals surface area contributed by atoms with E-state index in [4.69, 9.17) is 4.74 Å². The van der Waals surface area contributed by atoms with Crippen LogP contribution in [0.25, 0.3) is 11.3 Å². The molecule has 0 bridgehead atoms. The summed E-state index contributed by atoms with van der Waals surface area (Å²) < 4.78 is 5.72. The van der Waals surface area contributed by atoms with Crippen LogP contribution in [-0.4, -0.2) is 18.1 Å². The first-order valence-corrected chi connectivity index (χ1v) is 6.34. The molecule has 0 amide bonds. The number of pyridine rings is 1. The molecule has 1 aliphatic heterocycles. The van der Waals surface area contributed by atoms with Crippen molar-refractivity contribution in [3.63, 3.8) is 0 Å². The molecule has 0 atom stereocenters. The second kappa shape index (κ2) is 4.69. The summed E-state index contributed by atoms with van der Waals surface area (Å²) in [7, 11) is 0. The molecule has 0 radical (unpaired) electrons. The minimum absolute atomic E-state index is 0.777. The van der Waals surface area contributed by atoms with Gasteiger partial charge in [0.25, 0.3) is 0 Å². The van der Waals surface area contributed by atoms with Gasteiger partial charge in [-0.3, -0.25) is 0 Å². The normalized spacial score (nSPS) is 12.9. The Balaban J connectivity index is 2.05. The molecule has 0 unspecified atom stereocenters. The lowest BCUT2D eigenvalue weighted by molar-refractivity contribution is 0.358. The van der Waals surface area contributed by atoms with Crippen molar-refractivity contribution in [2.24, 2.45) is 0 Å². The van der Waals surface area contributed by atoms with E-state index in [2.05, 4.69) is 35.4 Å². The maximum Gasteiger partial charge on any atom is 0.132 e. The van der Waals surface area contributed by atoms with E-state index in [1.54, 1.807) is 0 Å². The predicted octanol–water partition coefficient (Wildman–Crippen LogP) is 3.12. The quantitative estimate of drug-likeness (QED) is 0.895. The molecule has 1 aromatic carbocycles. The number of para-hydroxylation sites is 1. The lowest BCUT2D eigenvalue weighted by Crippen LogP contribution is -1.99. The third-order valence-electron chi connectivity index (χ3n) is 3.10. The van der Waals surface area contributed by atoms with Gasteiger partial charge in [0.15, 0.2) is 0 Å². The van der Waals surface area contributed by atoms with Gasteiger partial charge >= 0.3 is 0 Å². The zero-order chi connectivity index (χ0) is 12.4. The minimum Gasteiger partial charge on any atom is -0.492 e. The zero-order valence-corrected chi connectivity index (χ0v) is 10.4. The summed E-state index contributed by atoms with van der Waals surface area (Å²) in [4.78, 5) is 4.62. The summed E-state index contributed by atoms with van der Waals surface area (Å²) in [5, 5.41) is 3.23. The van der Waals surface area contributed by atoms with Crippen LogP contribution in [0.1, 0.15) is 12.5 Å². The summed E-state index contributed by atoms with van der Waals surface area (Å²) in [6, 6.07) is 12.3. The van der Waals surface area contributed by atoms with E-state index in [1.807, 2.05) is 18.2 Å². The summed E-state index contributed by atoms with van der Waals surface area (Å²) in [5.41, 5.74) is 3.33. The zero-order valence-electron chi connectivity index (χ0n) is 10.4. The molecule has 0 saturated carbocycles. The molecule has 3 rings (SSSR count). The van der Waals surface area contributed by atoms with Gasteiger partial charge in [0.2, 0.25) is 0 Å². The third-order valence-corrected chi connectivity index (χ3v) is 3.10. The van der Waals surface area contributed by atoms with Crippen LogP contribution in [0.2, 0.25) is 0 Å². The average Bonchev–Trinajstić information content (AvgIpc) is 2.87. The number of hydrogen-bond acceptors (Lipinski definition) is 3. The Morgan fingerprint density at radius 2 is 2.11 bits per heavy atom. The largest absolute Gasteiger partial charge is 0.492 e.